The van der Waals surface area contributed by atoms with Crippen molar-refractivity contribution in [2.45, 2.75) is 12.6 Å². The Kier molecular flexibility index (Phi) is 12.9. The van der Waals surface area contributed by atoms with Crippen molar-refractivity contribution in [3.05, 3.63) is 119 Å². The van der Waals surface area contributed by atoms with Crippen LogP contribution >= 0.6 is 0 Å². The second kappa shape index (κ2) is 17.9. The molecule has 0 spiro atoms. The van der Waals surface area contributed by atoms with Gasteiger partial charge in [0, 0.05) is 31.7 Å². The normalized spacial score (nSPS) is 13.7. The van der Waals surface area contributed by atoms with Crippen molar-refractivity contribution in [3.8, 4) is 11.5 Å². The van der Waals surface area contributed by atoms with Crippen LogP contribution in [-0.4, -0.2) is 88.6 Å². The number of para-hydroxylation sites is 2. The molecular weight excluding hydrogens is 624 g/mol. The van der Waals surface area contributed by atoms with Crippen LogP contribution in [0, 0.1) is 0 Å². The van der Waals surface area contributed by atoms with Gasteiger partial charge in [0.05, 0.1) is 58.1 Å². The summed E-state index contributed by atoms with van der Waals surface area (Å²) in [5.41, 5.74) is 9.93. The number of carbonyl (C=O) groups is 2. The lowest BCUT2D eigenvalue weighted by Gasteiger charge is -2.32. The minimum Gasteiger partial charge on any atom is -0.493 e. The lowest BCUT2D eigenvalue weighted by molar-refractivity contribution is 0.0157. The third-order valence-electron chi connectivity index (χ3n) is 8.30. The van der Waals surface area contributed by atoms with Crippen LogP contribution in [0.2, 0.25) is 0 Å². The number of rotatable bonds is 15. The number of nitrogen functional groups attached to an aromatic ring is 1. The Morgan fingerprint density at radius 3 is 2.27 bits per heavy atom. The molecule has 0 aromatic heterocycles. The van der Waals surface area contributed by atoms with E-state index in [1.165, 1.54) is 0 Å². The minimum absolute atomic E-state index is 0.0246. The van der Waals surface area contributed by atoms with Gasteiger partial charge in [0.15, 0.2) is 11.5 Å². The van der Waals surface area contributed by atoms with Gasteiger partial charge < -0.3 is 34.7 Å². The van der Waals surface area contributed by atoms with Gasteiger partial charge in [-0.25, -0.2) is 4.79 Å². The number of nitrogens with zero attached hydrogens (tertiary/aromatic N) is 2. The molecule has 0 saturated carbocycles. The topological polar surface area (TPSA) is 125 Å². The van der Waals surface area contributed by atoms with E-state index in [1.54, 1.807) is 55.5 Å². The maximum atomic E-state index is 14.0. The molecule has 0 aliphatic carbocycles. The summed E-state index contributed by atoms with van der Waals surface area (Å²) in [6.45, 7) is 5.10. The Labute approximate surface area is 287 Å². The number of benzene rings is 4. The second-order valence-electron chi connectivity index (χ2n) is 11.5. The maximum absolute atomic E-state index is 14.0. The summed E-state index contributed by atoms with van der Waals surface area (Å²) in [7, 11) is 3.13. The number of methoxy groups -OCH3 is 2. The van der Waals surface area contributed by atoms with Gasteiger partial charge in [-0.2, -0.15) is 0 Å². The average molecular weight is 669 g/mol. The molecule has 5 rings (SSSR count). The fourth-order valence-electron chi connectivity index (χ4n) is 5.62. The molecule has 4 aromatic carbocycles. The number of morpholine rings is 1. The van der Waals surface area contributed by atoms with Crippen molar-refractivity contribution in [1.29, 1.82) is 0 Å². The molecule has 0 bridgehead atoms. The van der Waals surface area contributed by atoms with Crippen molar-refractivity contribution in [3.63, 3.8) is 0 Å². The Balaban J connectivity index is 1.36. The van der Waals surface area contributed by atoms with Gasteiger partial charge >= 0.3 is 6.09 Å². The number of nitrogens with two attached hydrogens (primary N) is 1. The number of amides is 2. The lowest BCUT2D eigenvalue weighted by Crippen LogP contribution is -2.40. The second-order valence-corrected chi connectivity index (χ2v) is 11.5. The average Bonchev–Trinajstić information content (AvgIpc) is 3.15. The van der Waals surface area contributed by atoms with E-state index >= 15 is 0 Å². The van der Waals surface area contributed by atoms with Crippen molar-refractivity contribution < 1.29 is 33.3 Å². The standard InChI is InChI=1S/C38H44N4O7/c1-45-34-17-12-28(26-35(34)46-2)27-49-38(44)42(21-25-48-24-20-41-18-22-47-23-19-41)36(29-8-4-3-5-9-29)30-13-15-31(16-14-30)37(43)40-33-11-7-6-10-32(33)39/h3-17,26,36H,18-25,27,39H2,1-2H3,(H,40,43)/t36-/m0/s1. The zero-order valence-corrected chi connectivity index (χ0v) is 28.0. The SMILES string of the molecule is COc1ccc(COC(=O)N(CCOCCN2CCOCC2)[C@@H](c2ccccc2)c2ccc(C(=O)Nc3ccccc3N)cc2)cc1OC. The zero-order chi connectivity index (χ0) is 34.4. The number of carbonyl (C=O) groups excluding carboxylic acids is 2. The van der Waals surface area contributed by atoms with Crippen LogP contribution in [-0.2, 0) is 20.8 Å². The van der Waals surface area contributed by atoms with Gasteiger partial charge in [0.25, 0.3) is 5.91 Å². The zero-order valence-electron chi connectivity index (χ0n) is 28.0. The largest absolute Gasteiger partial charge is 0.493 e. The third kappa shape index (κ3) is 9.73. The highest BCUT2D eigenvalue weighted by Gasteiger charge is 2.28. The number of anilines is 2. The maximum Gasteiger partial charge on any atom is 0.410 e. The van der Waals surface area contributed by atoms with Gasteiger partial charge in [0.1, 0.15) is 6.61 Å². The van der Waals surface area contributed by atoms with Gasteiger partial charge in [0.2, 0.25) is 0 Å². The first-order valence-corrected chi connectivity index (χ1v) is 16.3. The fraction of sp³-hybridized carbons (Fsp3) is 0.316. The van der Waals surface area contributed by atoms with Crippen molar-refractivity contribution >= 4 is 23.4 Å². The summed E-state index contributed by atoms with van der Waals surface area (Å²) in [4.78, 5) is 31.1. The van der Waals surface area contributed by atoms with Gasteiger partial charge in [-0.05, 0) is 53.1 Å². The van der Waals surface area contributed by atoms with E-state index in [1.807, 2.05) is 60.7 Å². The number of ether oxygens (including phenoxy) is 5. The fourth-order valence-corrected chi connectivity index (χ4v) is 5.62. The van der Waals surface area contributed by atoms with E-state index in [4.69, 9.17) is 29.4 Å². The molecule has 11 nitrogen and oxygen atoms in total. The summed E-state index contributed by atoms with van der Waals surface area (Å²) in [6, 6.07) is 28.9. The Morgan fingerprint density at radius 1 is 0.857 bits per heavy atom. The van der Waals surface area contributed by atoms with Crippen LogP contribution in [0.4, 0.5) is 16.2 Å². The third-order valence-corrected chi connectivity index (χ3v) is 8.30. The van der Waals surface area contributed by atoms with Gasteiger partial charge in [-0.1, -0.05) is 60.7 Å². The monoisotopic (exact) mass is 668 g/mol. The van der Waals surface area contributed by atoms with E-state index in [0.717, 1.165) is 49.5 Å². The first-order valence-electron chi connectivity index (χ1n) is 16.3. The lowest BCUT2D eigenvalue weighted by atomic mass is 9.96. The quantitative estimate of drug-likeness (QED) is 0.123. The number of hydrogen-bond acceptors (Lipinski definition) is 9. The predicted octanol–water partition coefficient (Wildman–Crippen LogP) is 5.62. The molecule has 0 unspecified atom stereocenters. The predicted molar refractivity (Wildman–Crippen MR) is 188 cm³/mol. The minimum atomic E-state index is -0.524. The van der Waals surface area contributed by atoms with Crippen LogP contribution in [0.5, 0.6) is 11.5 Å². The highest BCUT2D eigenvalue weighted by atomic mass is 16.6. The van der Waals surface area contributed by atoms with Crippen LogP contribution in [0.25, 0.3) is 0 Å². The van der Waals surface area contributed by atoms with E-state index in [9.17, 15) is 9.59 Å². The molecule has 1 saturated heterocycles. The molecule has 1 aliphatic rings. The summed E-state index contributed by atoms with van der Waals surface area (Å²) in [5, 5.41) is 2.87. The van der Waals surface area contributed by atoms with Crippen molar-refractivity contribution in [1.82, 2.24) is 9.80 Å². The summed E-state index contributed by atoms with van der Waals surface area (Å²) in [6.07, 6.45) is -0.512. The Hall–Kier alpha value is -5.10. The first kappa shape index (κ1) is 35.2. The van der Waals surface area contributed by atoms with E-state index in [0.29, 0.717) is 41.7 Å². The van der Waals surface area contributed by atoms with Crippen molar-refractivity contribution in [2.24, 2.45) is 0 Å². The molecule has 49 heavy (non-hydrogen) atoms. The summed E-state index contributed by atoms with van der Waals surface area (Å²) >= 11 is 0. The molecule has 11 heteroatoms. The molecule has 258 valence electrons. The Bertz CT molecular complexity index is 1650. The smallest absolute Gasteiger partial charge is 0.410 e. The van der Waals surface area contributed by atoms with Crippen LogP contribution in [0.1, 0.15) is 33.1 Å². The Morgan fingerprint density at radius 2 is 1.55 bits per heavy atom. The molecular formula is C38H44N4O7. The number of nitrogens with one attached hydrogen (secondary N) is 1. The molecule has 2 amide bonds. The number of hydrogen-bond donors (Lipinski definition) is 2. The van der Waals surface area contributed by atoms with Crippen LogP contribution in [0.15, 0.2) is 97.1 Å². The molecule has 1 aliphatic heterocycles. The molecule has 1 fully saturated rings. The molecule has 1 heterocycles. The molecule has 3 N–H and O–H groups in total. The van der Waals surface area contributed by atoms with Gasteiger partial charge in [-0.3, -0.25) is 14.6 Å². The first-order chi connectivity index (χ1) is 24.0. The van der Waals surface area contributed by atoms with Crippen molar-refractivity contribution in [2.75, 3.05) is 77.9 Å². The van der Waals surface area contributed by atoms with E-state index in [-0.39, 0.29) is 19.1 Å². The molecule has 1 atom stereocenters. The highest BCUT2D eigenvalue weighted by Crippen LogP contribution is 2.31. The molecule has 4 aromatic rings. The van der Waals surface area contributed by atoms with E-state index < -0.39 is 12.1 Å². The summed E-state index contributed by atoms with van der Waals surface area (Å²) < 4.78 is 28.2. The van der Waals surface area contributed by atoms with Crippen LogP contribution < -0.4 is 20.5 Å². The highest BCUT2D eigenvalue weighted by molar-refractivity contribution is 6.05. The van der Waals surface area contributed by atoms with Crippen LogP contribution in [0.3, 0.4) is 0 Å². The molecule has 0 radical (unpaired) electrons. The van der Waals surface area contributed by atoms with E-state index in [2.05, 4.69) is 10.2 Å². The van der Waals surface area contributed by atoms with Gasteiger partial charge in [-0.15, -0.1) is 0 Å². The summed E-state index contributed by atoms with van der Waals surface area (Å²) in [5.74, 6) is 0.838.